The van der Waals surface area contributed by atoms with Crippen LogP contribution in [0.5, 0.6) is 0 Å². The van der Waals surface area contributed by atoms with Gasteiger partial charge in [-0.1, -0.05) is 6.92 Å². The predicted octanol–water partition coefficient (Wildman–Crippen LogP) is 1.08. The van der Waals surface area contributed by atoms with Crippen LogP contribution in [0, 0.1) is 5.92 Å². The second kappa shape index (κ2) is 6.86. The molecule has 0 saturated carbocycles. The number of aliphatic hydroxyl groups excluding tert-OH is 1. The van der Waals surface area contributed by atoms with Gasteiger partial charge in [0.2, 0.25) is 5.91 Å². The van der Waals surface area contributed by atoms with Crippen molar-refractivity contribution in [2.75, 3.05) is 13.2 Å². The number of amides is 1. The summed E-state index contributed by atoms with van der Waals surface area (Å²) in [6.07, 6.45) is 3.80. The Labute approximate surface area is 97.4 Å². The van der Waals surface area contributed by atoms with Crippen LogP contribution in [0.1, 0.15) is 39.5 Å². The minimum absolute atomic E-state index is 0.0296. The molecule has 4 heteroatoms. The molecule has 0 bridgehead atoms. The molecule has 0 aromatic heterocycles. The molecule has 1 saturated heterocycles. The molecule has 4 nitrogen and oxygen atoms in total. The molecule has 0 aromatic rings. The molecule has 0 radical (unpaired) electrons. The summed E-state index contributed by atoms with van der Waals surface area (Å²) in [5, 5.41) is 11.8. The van der Waals surface area contributed by atoms with Crippen molar-refractivity contribution in [3.05, 3.63) is 0 Å². The summed E-state index contributed by atoms with van der Waals surface area (Å²) >= 11 is 0. The van der Waals surface area contributed by atoms with Crippen molar-refractivity contribution in [2.24, 2.45) is 5.92 Å². The van der Waals surface area contributed by atoms with Crippen molar-refractivity contribution >= 4 is 5.91 Å². The number of aliphatic hydroxyl groups is 1. The van der Waals surface area contributed by atoms with E-state index in [4.69, 9.17) is 9.84 Å². The van der Waals surface area contributed by atoms with Crippen LogP contribution in [-0.4, -0.2) is 36.4 Å². The third kappa shape index (κ3) is 4.49. The van der Waals surface area contributed by atoms with Crippen LogP contribution < -0.4 is 5.32 Å². The number of carbonyl (C=O) groups is 1. The highest BCUT2D eigenvalue weighted by atomic mass is 16.5. The van der Waals surface area contributed by atoms with Gasteiger partial charge < -0.3 is 15.2 Å². The Bertz CT molecular complexity index is 214. The molecule has 1 fully saturated rings. The third-order valence-electron chi connectivity index (χ3n) is 3.25. The zero-order chi connectivity index (χ0) is 12.0. The van der Waals surface area contributed by atoms with Crippen molar-refractivity contribution in [2.45, 2.75) is 51.7 Å². The van der Waals surface area contributed by atoms with Crippen molar-refractivity contribution in [1.29, 1.82) is 0 Å². The topological polar surface area (TPSA) is 58.6 Å². The van der Waals surface area contributed by atoms with Gasteiger partial charge in [0.25, 0.3) is 0 Å². The van der Waals surface area contributed by atoms with Gasteiger partial charge in [0.15, 0.2) is 0 Å². The van der Waals surface area contributed by atoms with E-state index >= 15 is 0 Å². The first-order valence-corrected chi connectivity index (χ1v) is 6.15. The SMILES string of the molecule is CC(CO)C(C)NC(=O)CCC1CCCO1. The predicted molar refractivity (Wildman–Crippen MR) is 62.1 cm³/mol. The van der Waals surface area contributed by atoms with Crippen molar-refractivity contribution in [3.63, 3.8) is 0 Å². The molecular weight excluding hydrogens is 206 g/mol. The van der Waals surface area contributed by atoms with E-state index in [0.717, 1.165) is 25.9 Å². The lowest BCUT2D eigenvalue weighted by Gasteiger charge is -2.19. The fourth-order valence-corrected chi connectivity index (χ4v) is 1.79. The second-order valence-electron chi connectivity index (χ2n) is 4.69. The first-order valence-electron chi connectivity index (χ1n) is 6.15. The summed E-state index contributed by atoms with van der Waals surface area (Å²) in [4.78, 5) is 11.6. The van der Waals surface area contributed by atoms with E-state index in [1.165, 1.54) is 0 Å². The van der Waals surface area contributed by atoms with Crippen LogP contribution in [0.25, 0.3) is 0 Å². The van der Waals surface area contributed by atoms with Crippen molar-refractivity contribution in [3.8, 4) is 0 Å². The molecule has 94 valence electrons. The Balaban J connectivity index is 2.14. The minimum Gasteiger partial charge on any atom is -0.396 e. The van der Waals surface area contributed by atoms with Gasteiger partial charge in [-0.2, -0.15) is 0 Å². The summed E-state index contributed by atoms with van der Waals surface area (Å²) < 4.78 is 5.46. The zero-order valence-corrected chi connectivity index (χ0v) is 10.2. The number of rotatable bonds is 6. The molecule has 1 aliphatic heterocycles. The number of carbonyl (C=O) groups excluding carboxylic acids is 1. The average molecular weight is 229 g/mol. The Morgan fingerprint density at radius 2 is 2.31 bits per heavy atom. The van der Waals surface area contributed by atoms with Gasteiger partial charge in [0.05, 0.1) is 6.10 Å². The maximum Gasteiger partial charge on any atom is 0.220 e. The van der Waals surface area contributed by atoms with Crippen LogP contribution >= 0.6 is 0 Å². The highest BCUT2D eigenvalue weighted by Gasteiger charge is 2.18. The lowest BCUT2D eigenvalue weighted by atomic mass is 10.0. The number of hydrogen-bond acceptors (Lipinski definition) is 3. The summed E-state index contributed by atoms with van der Waals surface area (Å²) in [6.45, 7) is 4.79. The molecule has 0 spiro atoms. The Morgan fingerprint density at radius 1 is 1.56 bits per heavy atom. The highest BCUT2D eigenvalue weighted by molar-refractivity contribution is 5.76. The molecule has 1 heterocycles. The van der Waals surface area contributed by atoms with Crippen LogP contribution in [0.15, 0.2) is 0 Å². The smallest absolute Gasteiger partial charge is 0.220 e. The standard InChI is InChI=1S/C12H23NO3/c1-9(8-14)10(2)13-12(15)6-5-11-4-3-7-16-11/h9-11,14H,3-8H2,1-2H3,(H,13,15). The Hall–Kier alpha value is -0.610. The Kier molecular flexibility index (Phi) is 5.77. The molecule has 0 aromatic carbocycles. The molecule has 1 rings (SSSR count). The lowest BCUT2D eigenvalue weighted by molar-refractivity contribution is -0.122. The number of hydrogen-bond donors (Lipinski definition) is 2. The van der Waals surface area contributed by atoms with Crippen LogP contribution in [-0.2, 0) is 9.53 Å². The molecule has 1 aliphatic rings. The third-order valence-corrected chi connectivity index (χ3v) is 3.25. The van der Waals surface area contributed by atoms with Crippen molar-refractivity contribution in [1.82, 2.24) is 5.32 Å². The normalized spacial score (nSPS) is 24.1. The first kappa shape index (κ1) is 13.5. The van der Waals surface area contributed by atoms with Gasteiger partial charge in [-0.3, -0.25) is 4.79 Å². The summed E-state index contributed by atoms with van der Waals surface area (Å²) in [6, 6.07) is 0.0296. The Morgan fingerprint density at radius 3 is 2.88 bits per heavy atom. The molecule has 0 aliphatic carbocycles. The first-order chi connectivity index (χ1) is 7.63. The van der Waals surface area contributed by atoms with E-state index < -0.39 is 0 Å². The van der Waals surface area contributed by atoms with E-state index in [2.05, 4.69) is 5.32 Å². The summed E-state index contributed by atoms with van der Waals surface area (Å²) in [5.74, 6) is 0.162. The monoisotopic (exact) mass is 229 g/mol. The molecular formula is C12H23NO3. The van der Waals surface area contributed by atoms with E-state index in [1.807, 2.05) is 13.8 Å². The number of ether oxygens (including phenoxy) is 1. The zero-order valence-electron chi connectivity index (χ0n) is 10.2. The fourth-order valence-electron chi connectivity index (χ4n) is 1.79. The highest BCUT2D eigenvalue weighted by Crippen LogP contribution is 2.16. The van der Waals surface area contributed by atoms with Gasteiger partial charge in [0.1, 0.15) is 0 Å². The average Bonchev–Trinajstić information content (AvgIpc) is 2.78. The maximum atomic E-state index is 11.6. The molecule has 3 atom stereocenters. The van der Waals surface area contributed by atoms with E-state index in [9.17, 15) is 4.79 Å². The lowest BCUT2D eigenvalue weighted by Crippen LogP contribution is -2.38. The number of nitrogens with one attached hydrogen (secondary N) is 1. The summed E-state index contributed by atoms with van der Waals surface area (Å²) in [5.41, 5.74) is 0. The molecule has 16 heavy (non-hydrogen) atoms. The fraction of sp³-hybridized carbons (Fsp3) is 0.917. The van der Waals surface area contributed by atoms with Gasteiger partial charge in [-0.15, -0.1) is 0 Å². The van der Waals surface area contributed by atoms with Crippen molar-refractivity contribution < 1.29 is 14.6 Å². The largest absolute Gasteiger partial charge is 0.396 e. The van der Waals surface area contributed by atoms with E-state index in [0.29, 0.717) is 6.42 Å². The molecule has 1 amide bonds. The van der Waals surface area contributed by atoms with Crippen LogP contribution in [0.4, 0.5) is 0 Å². The second-order valence-corrected chi connectivity index (χ2v) is 4.69. The van der Waals surface area contributed by atoms with E-state index in [-0.39, 0.29) is 30.6 Å². The maximum absolute atomic E-state index is 11.6. The molecule has 2 N–H and O–H groups in total. The summed E-state index contributed by atoms with van der Waals surface area (Å²) in [7, 11) is 0. The quantitative estimate of drug-likeness (QED) is 0.716. The van der Waals surface area contributed by atoms with Gasteiger partial charge >= 0.3 is 0 Å². The van der Waals surface area contributed by atoms with Gasteiger partial charge in [-0.05, 0) is 32.1 Å². The van der Waals surface area contributed by atoms with Crippen LogP contribution in [0.3, 0.4) is 0 Å². The van der Waals surface area contributed by atoms with Crippen LogP contribution in [0.2, 0.25) is 0 Å². The van der Waals surface area contributed by atoms with Gasteiger partial charge in [-0.25, -0.2) is 0 Å². The van der Waals surface area contributed by atoms with E-state index in [1.54, 1.807) is 0 Å². The minimum atomic E-state index is 0.0296. The van der Waals surface area contributed by atoms with Gasteiger partial charge in [0, 0.05) is 25.7 Å². The molecule has 3 unspecified atom stereocenters.